The molecular formula is C12H24O4Si. The van der Waals surface area contributed by atoms with E-state index in [1.165, 1.54) is 6.08 Å². The van der Waals surface area contributed by atoms with Gasteiger partial charge in [-0.2, -0.15) is 0 Å². The molecule has 100 valence electrons. The second kappa shape index (κ2) is 8.44. The Balaban J connectivity index is 4.83. The van der Waals surface area contributed by atoms with Crippen LogP contribution in [0.1, 0.15) is 33.1 Å². The van der Waals surface area contributed by atoms with Crippen LogP contribution in [0.2, 0.25) is 6.04 Å². The number of hydrogen-bond acceptors (Lipinski definition) is 4. The maximum Gasteiger partial charge on any atom is 0.379 e. The van der Waals surface area contributed by atoms with Crippen LogP contribution in [0, 0.1) is 0 Å². The molecule has 0 aliphatic carbocycles. The van der Waals surface area contributed by atoms with Crippen LogP contribution in [0.25, 0.3) is 0 Å². The minimum Gasteiger partial charge on any atom is -0.457 e. The van der Waals surface area contributed by atoms with Gasteiger partial charge in [-0.15, -0.1) is 0 Å². The molecule has 0 saturated heterocycles. The van der Waals surface area contributed by atoms with Gasteiger partial charge in [0.1, 0.15) is 5.73 Å². The molecule has 1 atom stereocenters. The molecule has 0 aliphatic rings. The van der Waals surface area contributed by atoms with Gasteiger partial charge >= 0.3 is 14.5 Å². The number of ether oxygens (including phenoxy) is 1. The second-order valence-electron chi connectivity index (χ2n) is 3.85. The Morgan fingerprint density at radius 3 is 2.29 bits per heavy atom. The molecule has 0 radical (unpaired) electrons. The van der Waals surface area contributed by atoms with Gasteiger partial charge in [-0.3, -0.25) is 0 Å². The van der Waals surface area contributed by atoms with Crippen molar-refractivity contribution in [2.24, 2.45) is 0 Å². The topological polar surface area (TPSA) is 44.8 Å². The summed E-state index contributed by atoms with van der Waals surface area (Å²) < 4.78 is 16.5. The molecule has 5 heteroatoms. The molecule has 0 bridgehead atoms. The van der Waals surface area contributed by atoms with Gasteiger partial charge in [0.05, 0.1) is 0 Å². The molecule has 1 unspecified atom stereocenters. The first-order valence-corrected chi connectivity index (χ1v) is 8.13. The summed E-state index contributed by atoms with van der Waals surface area (Å²) in [5.41, 5.74) is -0.270. The Morgan fingerprint density at radius 1 is 1.35 bits per heavy atom. The zero-order valence-corrected chi connectivity index (χ0v) is 12.3. The standard InChI is InChI=1S/C12H24O4Si/c1-6-9-10-12(16-11(13)7-2)17(8-3,14-4)15-5/h7,12H,2,6,8-10H2,1,3-5H3. The van der Waals surface area contributed by atoms with Crippen molar-refractivity contribution in [2.75, 3.05) is 14.2 Å². The number of esters is 1. The van der Waals surface area contributed by atoms with Crippen molar-refractivity contribution >= 4 is 14.5 Å². The van der Waals surface area contributed by atoms with Crippen molar-refractivity contribution < 1.29 is 18.4 Å². The summed E-state index contributed by atoms with van der Waals surface area (Å²) in [5.74, 6) is -0.412. The lowest BCUT2D eigenvalue weighted by atomic mass is 10.3. The van der Waals surface area contributed by atoms with Crippen LogP contribution in [-0.2, 0) is 18.4 Å². The highest BCUT2D eigenvalue weighted by atomic mass is 28.4. The Labute approximate surface area is 105 Å². The van der Waals surface area contributed by atoms with Crippen LogP contribution in [0.5, 0.6) is 0 Å². The Kier molecular flexibility index (Phi) is 8.12. The van der Waals surface area contributed by atoms with E-state index in [0.29, 0.717) is 0 Å². The Morgan fingerprint density at radius 2 is 1.94 bits per heavy atom. The lowest BCUT2D eigenvalue weighted by Crippen LogP contribution is -2.53. The quantitative estimate of drug-likeness (QED) is 0.363. The van der Waals surface area contributed by atoms with E-state index in [9.17, 15) is 4.79 Å². The van der Waals surface area contributed by atoms with Crippen LogP contribution in [0.3, 0.4) is 0 Å². The molecule has 17 heavy (non-hydrogen) atoms. The lowest BCUT2D eigenvalue weighted by Gasteiger charge is -2.33. The van der Waals surface area contributed by atoms with Crippen molar-refractivity contribution in [3.63, 3.8) is 0 Å². The first kappa shape index (κ1) is 16.3. The third-order valence-electron chi connectivity index (χ3n) is 2.92. The van der Waals surface area contributed by atoms with Crippen LogP contribution in [0.4, 0.5) is 0 Å². The second-order valence-corrected chi connectivity index (χ2v) is 7.64. The summed E-state index contributed by atoms with van der Waals surface area (Å²) in [6.45, 7) is 7.51. The van der Waals surface area contributed by atoms with Gasteiger partial charge in [0, 0.05) is 20.3 Å². The fraction of sp³-hybridized carbons (Fsp3) is 0.750. The fourth-order valence-corrected chi connectivity index (χ4v) is 4.47. The molecule has 0 N–H and O–H groups in total. The van der Waals surface area contributed by atoms with E-state index in [-0.39, 0.29) is 5.73 Å². The van der Waals surface area contributed by atoms with E-state index in [1.807, 2.05) is 6.92 Å². The number of unbranched alkanes of at least 4 members (excludes halogenated alkanes) is 1. The van der Waals surface area contributed by atoms with Crippen LogP contribution < -0.4 is 0 Å². The summed E-state index contributed by atoms with van der Waals surface area (Å²) in [7, 11) is 0.796. The molecule has 0 aromatic rings. The molecule has 0 aliphatic heterocycles. The molecule has 0 spiro atoms. The molecule has 0 saturated carbocycles. The predicted octanol–water partition coefficient (Wildman–Crippen LogP) is 2.57. The van der Waals surface area contributed by atoms with Crippen molar-refractivity contribution in [1.82, 2.24) is 0 Å². The SMILES string of the molecule is C=CC(=O)OC(CCCC)[Si](CC)(OC)OC. The number of rotatable bonds is 9. The summed E-state index contributed by atoms with van der Waals surface area (Å²) in [6, 6.07) is 0.749. The first-order chi connectivity index (χ1) is 8.10. The number of hydrogen-bond donors (Lipinski definition) is 0. The van der Waals surface area contributed by atoms with Crippen molar-refractivity contribution in [3.8, 4) is 0 Å². The summed E-state index contributed by atoms with van der Waals surface area (Å²) in [6.07, 6.45) is 3.98. The van der Waals surface area contributed by atoms with Crippen molar-refractivity contribution in [1.29, 1.82) is 0 Å². The first-order valence-electron chi connectivity index (χ1n) is 6.03. The van der Waals surface area contributed by atoms with Gasteiger partial charge in [-0.1, -0.05) is 33.3 Å². The lowest BCUT2D eigenvalue weighted by molar-refractivity contribution is -0.141. The van der Waals surface area contributed by atoms with E-state index >= 15 is 0 Å². The van der Waals surface area contributed by atoms with Gasteiger partial charge in [0.15, 0.2) is 0 Å². The smallest absolute Gasteiger partial charge is 0.379 e. The summed E-state index contributed by atoms with van der Waals surface area (Å²) >= 11 is 0. The van der Waals surface area contributed by atoms with E-state index in [2.05, 4.69) is 13.5 Å². The molecule has 0 fully saturated rings. The number of carbonyl (C=O) groups is 1. The molecule has 4 nitrogen and oxygen atoms in total. The van der Waals surface area contributed by atoms with E-state index in [1.54, 1.807) is 14.2 Å². The van der Waals surface area contributed by atoms with Crippen LogP contribution in [0.15, 0.2) is 12.7 Å². The molecule has 0 amide bonds. The zero-order valence-electron chi connectivity index (χ0n) is 11.3. The van der Waals surface area contributed by atoms with Gasteiger partial charge in [0.2, 0.25) is 0 Å². The van der Waals surface area contributed by atoms with E-state index in [0.717, 1.165) is 25.3 Å². The summed E-state index contributed by atoms with van der Waals surface area (Å²) in [5, 5.41) is 0. The van der Waals surface area contributed by atoms with Crippen LogP contribution >= 0.6 is 0 Å². The molecule has 0 rings (SSSR count). The van der Waals surface area contributed by atoms with E-state index in [4.69, 9.17) is 13.6 Å². The van der Waals surface area contributed by atoms with Gasteiger partial charge in [0.25, 0.3) is 0 Å². The van der Waals surface area contributed by atoms with Gasteiger partial charge < -0.3 is 13.6 Å². The normalized spacial score (nSPS) is 13.2. The average molecular weight is 260 g/mol. The molecule has 0 aromatic heterocycles. The Hall–Kier alpha value is -0.653. The summed E-state index contributed by atoms with van der Waals surface area (Å²) in [4.78, 5) is 11.4. The maximum absolute atomic E-state index is 11.4. The molecule has 0 aromatic carbocycles. The van der Waals surface area contributed by atoms with Crippen molar-refractivity contribution in [3.05, 3.63) is 12.7 Å². The highest BCUT2D eigenvalue weighted by Gasteiger charge is 2.45. The van der Waals surface area contributed by atoms with Crippen LogP contribution in [-0.4, -0.2) is 34.5 Å². The maximum atomic E-state index is 11.4. The third kappa shape index (κ3) is 4.61. The van der Waals surface area contributed by atoms with Gasteiger partial charge in [-0.25, -0.2) is 4.79 Å². The molecule has 0 heterocycles. The van der Waals surface area contributed by atoms with Crippen molar-refractivity contribution in [2.45, 2.75) is 44.9 Å². The highest BCUT2D eigenvalue weighted by Crippen LogP contribution is 2.23. The number of carbonyl (C=O) groups excluding carboxylic acids is 1. The monoisotopic (exact) mass is 260 g/mol. The fourth-order valence-electron chi connectivity index (χ4n) is 1.81. The molecular weight excluding hydrogens is 236 g/mol. The highest BCUT2D eigenvalue weighted by molar-refractivity contribution is 6.68. The predicted molar refractivity (Wildman–Crippen MR) is 69.9 cm³/mol. The third-order valence-corrected chi connectivity index (χ3v) is 6.67. The minimum absolute atomic E-state index is 0.270. The zero-order chi connectivity index (χ0) is 13.3. The Bertz CT molecular complexity index is 230. The van der Waals surface area contributed by atoms with E-state index < -0.39 is 14.5 Å². The largest absolute Gasteiger partial charge is 0.457 e. The van der Waals surface area contributed by atoms with Gasteiger partial charge in [-0.05, 0) is 12.5 Å². The minimum atomic E-state index is -2.45. The average Bonchev–Trinajstić information content (AvgIpc) is 2.37.